The van der Waals surface area contributed by atoms with E-state index >= 15 is 0 Å². The van der Waals surface area contributed by atoms with E-state index in [-0.39, 0.29) is 5.91 Å². The number of nitrogens with one attached hydrogen (secondary N) is 1. The minimum Gasteiger partial charge on any atom is -0.322 e. The lowest BCUT2D eigenvalue weighted by Crippen LogP contribution is -2.10. The Hall–Kier alpha value is -1.87. The molecule has 0 radical (unpaired) electrons. The van der Waals surface area contributed by atoms with Gasteiger partial charge in [-0.25, -0.2) is 0 Å². The summed E-state index contributed by atoms with van der Waals surface area (Å²) in [5.74, 6) is 0.349. The van der Waals surface area contributed by atoms with E-state index in [1.807, 2.05) is 41.8 Å². The highest BCUT2D eigenvalue weighted by Gasteiger charge is 2.09. The maximum absolute atomic E-state index is 12.0. The van der Waals surface area contributed by atoms with Gasteiger partial charge in [-0.2, -0.15) is 0 Å². The normalized spacial score (nSPS) is 12.5. The topological polar surface area (TPSA) is 29.1 Å². The standard InChI is InChI=1S/C17H19NOS/c1-3-13(2)15-8-4-5-9-16(15)18-17(19)11-10-14-7-6-12-20-14/h4-13H,3H2,1-2H3,(H,18,19)/b11-10+. The van der Waals surface area contributed by atoms with E-state index in [1.165, 1.54) is 5.56 Å². The number of amides is 1. The molecule has 0 saturated heterocycles. The highest BCUT2D eigenvalue weighted by atomic mass is 32.1. The van der Waals surface area contributed by atoms with Gasteiger partial charge in [0.15, 0.2) is 0 Å². The molecule has 1 amide bonds. The Morgan fingerprint density at radius 1 is 1.30 bits per heavy atom. The second-order valence-electron chi connectivity index (χ2n) is 4.73. The SMILES string of the molecule is CCC(C)c1ccccc1NC(=O)/C=C/c1cccs1. The predicted octanol–water partition coefficient (Wildman–Crippen LogP) is 4.91. The summed E-state index contributed by atoms with van der Waals surface area (Å²) in [5.41, 5.74) is 2.09. The Morgan fingerprint density at radius 3 is 2.80 bits per heavy atom. The van der Waals surface area contributed by atoms with Gasteiger partial charge in [0.25, 0.3) is 0 Å². The number of benzene rings is 1. The summed E-state index contributed by atoms with van der Waals surface area (Å²) in [7, 11) is 0. The lowest BCUT2D eigenvalue weighted by Gasteiger charge is -2.14. The van der Waals surface area contributed by atoms with Crippen LogP contribution in [0, 0.1) is 0 Å². The Labute approximate surface area is 124 Å². The average molecular weight is 285 g/mol. The van der Waals surface area contributed by atoms with E-state index in [0.717, 1.165) is 17.0 Å². The van der Waals surface area contributed by atoms with Crippen molar-refractivity contribution in [2.45, 2.75) is 26.2 Å². The third kappa shape index (κ3) is 3.81. The summed E-state index contributed by atoms with van der Waals surface area (Å²) in [5, 5.41) is 4.96. The van der Waals surface area contributed by atoms with Crippen molar-refractivity contribution in [3.8, 4) is 0 Å². The summed E-state index contributed by atoms with van der Waals surface area (Å²) < 4.78 is 0. The van der Waals surface area contributed by atoms with E-state index in [4.69, 9.17) is 0 Å². The lowest BCUT2D eigenvalue weighted by molar-refractivity contribution is -0.111. The first kappa shape index (κ1) is 14.5. The first-order valence-corrected chi connectivity index (χ1v) is 7.70. The summed E-state index contributed by atoms with van der Waals surface area (Å²) in [6.07, 6.45) is 4.48. The Bertz CT molecular complexity index is 587. The molecular formula is C17H19NOS. The zero-order valence-electron chi connectivity index (χ0n) is 11.8. The number of carbonyl (C=O) groups is 1. The van der Waals surface area contributed by atoms with Gasteiger partial charge in [-0.15, -0.1) is 11.3 Å². The van der Waals surface area contributed by atoms with E-state index in [2.05, 4.69) is 25.2 Å². The van der Waals surface area contributed by atoms with E-state index in [0.29, 0.717) is 5.92 Å². The van der Waals surface area contributed by atoms with Gasteiger partial charge in [0, 0.05) is 16.6 Å². The molecule has 20 heavy (non-hydrogen) atoms. The Morgan fingerprint density at radius 2 is 2.10 bits per heavy atom. The maximum Gasteiger partial charge on any atom is 0.248 e. The van der Waals surface area contributed by atoms with Crippen molar-refractivity contribution in [1.29, 1.82) is 0 Å². The van der Waals surface area contributed by atoms with Crippen molar-refractivity contribution in [3.05, 3.63) is 58.3 Å². The van der Waals surface area contributed by atoms with Crippen molar-refractivity contribution >= 4 is 29.0 Å². The largest absolute Gasteiger partial charge is 0.322 e. The lowest BCUT2D eigenvalue weighted by atomic mass is 9.97. The van der Waals surface area contributed by atoms with Crippen molar-refractivity contribution in [3.63, 3.8) is 0 Å². The van der Waals surface area contributed by atoms with Crippen LogP contribution < -0.4 is 5.32 Å². The zero-order chi connectivity index (χ0) is 14.4. The van der Waals surface area contributed by atoms with Gasteiger partial charge < -0.3 is 5.32 Å². The molecule has 1 unspecified atom stereocenters. The van der Waals surface area contributed by atoms with Crippen LogP contribution in [0.4, 0.5) is 5.69 Å². The highest BCUT2D eigenvalue weighted by Crippen LogP contribution is 2.26. The molecule has 1 atom stereocenters. The van der Waals surface area contributed by atoms with Crippen LogP contribution in [0.2, 0.25) is 0 Å². The molecule has 0 fully saturated rings. The van der Waals surface area contributed by atoms with Crippen LogP contribution >= 0.6 is 11.3 Å². The van der Waals surface area contributed by atoms with Gasteiger partial charge in [0.1, 0.15) is 0 Å². The van der Waals surface area contributed by atoms with Crippen LogP contribution in [0.15, 0.2) is 47.9 Å². The van der Waals surface area contributed by atoms with Crippen LogP contribution in [-0.4, -0.2) is 5.91 Å². The molecule has 0 aliphatic rings. The molecule has 0 aliphatic carbocycles. The second kappa shape index (κ2) is 7.06. The number of hydrogen-bond donors (Lipinski definition) is 1. The van der Waals surface area contributed by atoms with Gasteiger partial charge in [-0.3, -0.25) is 4.79 Å². The number of carbonyl (C=O) groups excluding carboxylic acids is 1. The van der Waals surface area contributed by atoms with Crippen LogP contribution in [0.25, 0.3) is 6.08 Å². The van der Waals surface area contributed by atoms with Crippen LogP contribution in [0.5, 0.6) is 0 Å². The van der Waals surface area contributed by atoms with Gasteiger partial charge in [-0.1, -0.05) is 38.1 Å². The van der Waals surface area contributed by atoms with Crippen molar-refractivity contribution in [2.24, 2.45) is 0 Å². The highest BCUT2D eigenvalue weighted by molar-refractivity contribution is 7.10. The fourth-order valence-electron chi connectivity index (χ4n) is 1.98. The summed E-state index contributed by atoms with van der Waals surface area (Å²) >= 11 is 1.62. The molecule has 0 saturated carbocycles. The Kier molecular flexibility index (Phi) is 5.13. The third-order valence-electron chi connectivity index (χ3n) is 3.30. The molecule has 1 heterocycles. The molecule has 0 aliphatic heterocycles. The molecule has 0 spiro atoms. The van der Waals surface area contributed by atoms with Gasteiger partial charge >= 0.3 is 0 Å². The fourth-order valence-corrected chi connectivity index (χ4v) is 2.60. The fraction of sp³-hybridized carbons (Fsp3) is 0.235. The molecule has 1 aromatic heterocycles. The molecule has 2 rings (SSSR count). The first-order chi connectivity index (χ1) is 9.70. The molecule has 1 N–H and O–H groups in total. The summed E-state index contributed by atoms with van der Waals surface area (Å²) in [6, 6.07) is 12.0. The van der Waals surface area contributed by atoms with Gasteiger partial charge in [0.2, 0.25) is 5.91 Å². The first-order valence-electron chi connectivity index (χ1n) is 6.82. The predicted molar refractivity (Wildman–Crippen MR) is 87.1 cm³/mol. The molecule has 2 aromatic rings. The molecule has 0 bridgehead atoms. The van der Waals surface area contributed by atoms with Crippen LogP contribution in [0.3, 0.4) is 0 Å². The summed E-state index contributed by atoms with van der Waals surface area (Å²) in [6.45, 7) is 4.33. The van der Waals surface area contributed by atoms with Crippen molar-refractivity contribution in [1.82, 2.24) is 0 Å². The number of rotatable bonds is 5. The number of thiophene rings is 1. The summed E-state index contributed by atoms with van der Waals surface area (Å²) in [4.78, 5) is 13.1. The third-order valence-corrected chi connectivity index (χ3v) is 4.14. The van der Waals surface area contributed by atoms with Gasteiger partial charge in [-0.05, 0) is 41.5 Å². The smallest absolute Gasteiger partial charge is 0.248 e. The van der Waals surface area contributed by atoms with E-state index in [1.54, 1.807) is 17.4 Å². The van der Waals surface area contributed by atoms with Crippen molar-refractivity contribution in [2.75, 3.05) is 5.32 Å². The second-order valence-corrected chi connectivity index (χ2v) is 5.71. The minimum atomic E-state index is -0.0887. The number of anilines is 1. The maximum atomic E-state index is 12.0. The van der Waals surface area contributed by atoms with Crippen LogP contribution in [-0.2, 0) is 4.79 Å². The molecule has 2 nitrogen and oxygen atoms in total. The van der Waals surface area contributed by atoms with Gasteiger partial charge in [0.05, 0.1) is 0 Å². The average Bonchev–Trinajstić information content (AvgIpc) is 2.98. The quantitative estimate of drug-likeness (QED) is 0.777. The van der Waals surface area contributed by atoms with Crippen LogP contribution in [0.1, 0.15) is 36.6 Å². The number of hydrogen-bond acceptors (Lipinski definition) is 2. The monoisotopic (exact) mass is 285 g/mol. The van der Waals surface area contributed by atoms with E-state index < -0.39 is 0 Å². The molecule has 3 heteroatoms. The number of para-hydroxylation sites is 1. The van der Waals surface area contributed by atoms with Crippen molar-refractivity contribution < 1.29 is 4.79 Å². The Balaban J connectivity index is 2.08. The minimum absolute atomic E-state index is 0.0887. The molecule has 104 valence electrons. The molecular weight excluding hydrogens is 266 g/mol. The van der Waals surface area contributed by atoms with E-state index in [9.17, 15) is 4.79 Å². The zero-order valence-corrected chi connectivity index (χ0v) is 12.6. The molecule has 1 aromatic carbocycles.